The Labute approximate surface area is 114 Å². The fourth-order valence-corrected chi connectivity index (χ4v) is 3.34. The topological polar surface area (TPSA) is 60.0 Å². The molecule has 1 fully saturated rings. The third-order valence-corrected chi connectivity index (χ3v) is 4.71. The molecule has 0 unspecified atom stereocenters. The smallest absolute Gasteiger partial charge is 0.307 e. The Balaban J connectivity index is 2.15. The molecular formula is C15H22N3O+. The van der Waals surface area contributed by atoms with Crippen molar-refractivity contribution in [1.29, 1.82) is 0 Å². The minimum atomic E-state index is -0.774. The molecule has 2 aliphatic heterocycles. The van der Waals surface area contributed by atoms with Gasteiger partial charge in [-0.25, -0.2) is 0 Å². The Kier molecular flexibility index (Phi) is 2.17. The molecule has 0 aromatic heterocycles. The van der Waals surface area contributed by atoms with Crippen molar-refractivity contribution >= 4 is 11.6 Å². The average Bonchev–Trinajstić information content (AvgIpc) is 2.66. The number of nitrogens with zero attached hydrogens (tertiary/aromatic N) is 1. The molecule has 4 nitrogen and oxygen atoms in total. The number of hydrogen-bond acceptors (Lipinski definition) is 2. The highest BCUT2D eigenvalue weighted by molar-refractivity contribution is 5.96. The van der Waals surface area contributed by atoms with Crippen molar-refractivity contribution in [3.8, 4) is 0 Å². The monoisotopic (exact) mass is 260 g/mol. The van der Waals surface area contributed by atoms with Gasteiger partial charge >= 0.3 is 5.91 Å². The first-order valence-electron chi connectivity index (χ1n) is 6.75. The third-order valence-electron chi connectivity index (χ3n) is 4.71. The highest BCUT2D eigenvalue weighted by Gasteiger charge is 2.69. The summed E-state index contributed by atoms with van der Waals surface area (Å²) in [7, 11) is 0. The molecule has 1 amide bonds. The van der Waals surface area contributed by atoms with Crippen molar-refractivity contribution in [2.24, 2.45) is 0 Å². The van der Waals surface area contributed by atoms with Crippen molar-refractivity contribution in [3.05, 3.63) is 29.8 Å². The van der Waals surface area contributed by atoms with Crippen LogP contribution in [0.2, 0.25) is 0 Å². The summed E-state index contributed by atoms with van der Waals surface area (Å²) in [6, 6.07) is 8.16. The van der Waals surface area contributed by atoms with Crippen LogP contribution in [0.3, 0.4) is 0 Å². The van der Waals surface area contributed by atoms with Crippen LogP contribution in [0.25, 0.3) is 0 Å². The van der Waals surface area contributed by atoms with Gasteiger partial charge in [-0.1, -0.05) is 18.2 Å². The summed E-state index contributed by atoms with van der Waals surface area (Å²) in [5, 5.41) is 3.36. The van der Waals surface area contributed by atoms with E-state index >= 15 is 0 Å². The summed E-state index contributed by atoms with van der Waals surface area (Å²) in [5.41, 5.74) is 5.28. The van der Waals surface area contributed by atoms with E-state index in [4.69, 9.17) is 0 Å². The molecule has 1 aromatic rings. The molecule has 2 aliphatic rings. The van der Waals surface area contributed by atoms with Crippen molar-refractivity contribution in [2.75, 3.05) is 11.9 Å². The summed E-state index contributed by atoms with van der Waals surface area (Å²) in [5.74, 6) is 0.0960. The molecule has 0 bridgehead atoms. The third kappa shape index (κ3) is 1.35. The van der Waals surface area contributed by atoms with E-state index in [-0.39, 0.29) is 16.9 Å². The van der Waals surface area contributed by atoms with Crippen molar-refractivity contribution in [3.63, 3.8) is 0 Å². The van der Waals surface area contributed by atoms with E-state index in [0.717, 1.165) is 5.69 Å². The van der Waals surface area contributed by atoms with Crippen LogP contribution < -0.4 is 11.1 Å². The van der Waals surface area contributed by atoms with E-state index in [1.807, 2.05) is 23.1 Å². The van der Waals surface area contributed by atoms with Gasteiger partial charge in [0.1, 0.15) is 0 Å². The molecule has 0 saturated carbocycles. The minimum Gasteiger partial charge on any atom is -0.329 e. The first kappa shape index (κ1) is 12.5. The standard InChI is InChI=1S/C15H21N3O/c1-13(2,3)18-9-14(4)10-7-5-6-8-11(10)17-15(14,16)12(18)19/h5-8,17H,9,16H2,1-4H3/p+1/t14-,15-/m1/s1. The quantitative estimate of drug-likeness (QED) is 0.729. The number of carbonyl (C=O) groups is 1. The van der Waals surface area contributed by atoms with Crippen LogP contribution in [0.4, 0.5) is 5.69 Å². The molecule has 4 N–H and O–H groups in total. The number of quaternary nitrogens is 1. The molecule has 19 heavy (non-hydrogen) atoms. The van der Waals surface area contributed by atoms with E-state index < -0.39 is 5.66 Å². The van der Waals surface area contributed by atoms with Gasteiger partial charge in [-0.2, -0.15) is 0 Å². The predicted octanol–water partition coefficient (Wildman–Crippen LogP) is 0.949. The van der Waals surface area contributed by atoms with E-state index in [2.05, 4.69) is 44.8 Å². The van der Waals surface area contributed by atoms with E-state index in [1.54, 1.807) is 0 Å². The molecule has 0 radical (unpaired) electrons. The number of rotatable bonds is 0. The Morgan fingerprint density at radius 3 is 2.58 bits per heavy atom. The van der Waals surface area contributed by atoms with Crippen LogP contribution in [0.15, 0.2) is 24.3 Å². The maximum atomic E-state index is 12.8. The fraction of sp³-hybridized carbons (Fsp3) is 0.533. The number of nitrogens with one attached hydrogen (secondary N) is 1. The Bertz CT molecular complexity index is 563. The Morgan fingerprint density at radius 2 is 1.95 bits per heavy atom. The van der Waals surface area contributed by atoms with E-state index in [1.165, 1.54) is 5.56 Å². The van der Waals surface area contributed by atoms with Gasteiger partial charge in [0.05, 0.1) is 5.41 Å². The summed E-state index contributed by atoms with van der Waals surface area (Å²) in [6.45, 7) is 9.07. The van der Waals surface area contributed by atoms with Gasteiger partial charge in [0.25, 0.3) is 5.66 Å². The lowest BCUT2D eigenvalue weighted by atomic mass is 9.77. The lowest BCUT2D eigenvalue weighted by Crippen LogP contribution is -2.84. The summed E-state index contributed by atoms with van der Waals surface area (Å²) in [4.78, 5) is 14.8. The molecule has 3 rings (SSSR count). The lowest BCUT2D eigenvalue weighted by Gasteiger charge is -2.33. The highest BCUT2D eigenvalue weighted by atomic mass is 16.2. The Morgan fingerprint density at radius 1 is 1.32 bits per heavy atom. The molecule has 2 heterocycles. The largest absolute Gasteiger partial charge is 0.329 e. The Hall–Kier alpha value is -1.55. The number of para-hydroxylation sites is 1. The van der Waals surface area contributed by atoms with Gasteiger partial charge in [-0.05, 0) is 39.3 Å². The van der Waals surface area contributed by atoms with E-state index in [0.29, 0.717) is 6.54 Å². The second-order valence-corrected chi connectivity index (χ2v) is 6.97. The van der Waals surface area contributed by atoms with Gasteiger partial charge in [-0.15, -0.1) is 0 Å². The molecule has 0 aliphatic carbocycles. The van der Waals surface area contributed by atoms with E-state index in [9.17, 15) is 4.79 Å². The number of likely N-dealkylation sites (tertiary alicyclic amines) is 1. The van der Waals surface area contributed by atoms with Gasteiger partial charge in [-0.3, -0.25) is 4.79 Å². The maximum Gasteiger partial charge on any atom is 0.307 e. The van der Waals surface area contributed by atoms with Crippen molar-refractivity contribution in [1.82, 2.24) is 4.90 Å². The molecule has 102 valence electrons. The first-order valence-corrected chi connectivity index (χ1v) is 6.75. The van der Waals surface area contributed by atoms with Crippen LogP contribution in [-0.4, -0.2) is 28.6 Å². The number of anilines is 1. The maximum absolute atomic E-state index is 12.8. The summed E-state index contributed by atoms with van der Waals surface area (Å²) in [6.07, 6.45) is 0. The van der Waals surface area contributed by atoms with Crippen LogP contribution in [0.1, 0.15) is 33.3 Å². The number of carbonyl (C=O) groups excluding carboxylic acids is 1. The van der Waals surface area contributed by atoms with Gasteiger partial charge in [0, 0.05) is 17.8 Å². The van der Waals surface area contributed by atoms with Crippen LogP contribution in [0, 0.1) is 0 Å². The van der Waals surface area contributed by atoms with Crippen molar-refractivity contribution < 1.29 is 10.5 Å². The summed E-state index contributed by atoms with van der Waals surface area (Å²) >= 11 is 0. The number of hydrogen-bond donors (Lipinski definition) is 2. The van der Waals surface area contributed by atoms with Crippen molar-refractivity contribution in [2.45, 2.75) is 44.3 Å². The highest BCUT2D eigenvalue weighted by Crippen LogP contribution is 2.50. The first-order chi connectivity index (χ1) is 8.70. The average molecular weight is 260 g/mol. The minimum absolute atomic E-state index is 0.0960. The number of fused-ring (bicyclic) bond motifs is 3. The summed E-state index contributed by atoms with van der Waals surface area (Å²) < 4.78 is 0. The zero-order valence-electron chi connectivity index (χ0n) is 12.1. The molecular weight excluding hydrogens is 238 g/mol. The normalized spacial score (nSPS) is 33.1. The number of benzene rings is 1. The fourth-order valence-electron chi connectivity index (χ4n) is 3.34. The zero-order valence-corrected chi connectivity index (χ0v) is 12.1. The molecule has 1 aromatic carbocycles. The van der Waals surface area contributed by atoms with Crippen LogP contribution >= 0.6 is 0 Å². The second-order valence-electron chi connectivity index (χ2n) is 6.97. The zero-order chi connectivity index (χ0) is 14.1. The lowest BCUT2D eigenvalue weighted by molar-refractivity contribution is -0.457. The SMILES string of the molecule is CC(C)(C)N1C[C@]2(C)c3ccccc3N[C@]2([NH3+])C1=O. The number of amides is 1. The van der Waals surface area contributed by atoms with Crippen LogP contribution in [0.5, 0.6) is 0 Å². The van der Waals surface area contributed by atoms with Gasteiger partial charge < -0.3 is 16.0 Å². The van der Waals surface area contributed by atoms with Crippen LogP contribution in [-0.2, 0) is 10.2 Å². The predicted molar refractivity (Wildman–Crippen MR) is 74.5 cm³/mol. The second kappa shape index (κ2) is 3.31. The van der Waals surface area contributed by atoms with Gasteiger partial charge in [0.15, 0.2) is 0 Å². The molecule has 4 heteroatoms. The molecule has 2 atom stereocenters. The van der Waals surface area contributed by atoms with Gasteiger partial charge in [0.2, 0.25) is 0 Å². The molecule has 0 spiro atoms. The molecule has 1 saturated heterocycles.